The molecule has 162 valence electrons. The molecule has 0 saturated heterocycles. The monoisotopic (exact) mass is 501 g/mol. The lowest BCUT2D eigenvalue weighted by atomic mass is 10.1. The third kappa shape index (κ3) is 5.26. The number of halogens is 1. The van der Waals surface area contributed by atoms with Crippen molar-refractivity contribution in [2.24, 2.45) is 0 Å². The van der Waals surface area contributed by atoms with Crippen molar-refractivity contribution in [1.82, 2.24) is 4.31 Å². The average Bonchev–Trinajstić information content (AvgIpc) is 2.85. The van der Waals surface area contributed by atoms with Crippen molar-refractivity contribution in [2.45, 2.75) is 25.6 Å². The maximum Gasteiger partial charge on any atom is 0.211 e. The van der Waals surface area contributed by atoms with Crippen LogP contribution in [-0.4, -0.2) is 31.6 Å². The molecule has 2 heterocycles. The van der Waals surface area contributed by atoms with E-state index in [9.17, 15) is 13.6 Å². The average molecular weight is 502 g/mol. The van der Waals surface area contributed by atoms with Crippen molar-refractivity contribution >= 4 is 31.6 Å². The molecule has 0 spiro atoms. The van der Waals surface area contributed by atoms with E-state index in [0.717, 1.165) is 31.6 Å². The SMILES string of the molecule is CS(=O)(=O)N1Cc2cc(Br)ccc2N(Cc2ccc[n+]([O-])c2)C[C@H]1Cc1ccccc1. The van der Waals surface area contributed by atoms with Crippen molar-refractivity contribution in [3.63, 3.8) is 0 Å². The third-order valence-corrected chi connectivity index (χ3v) is 7.27. The van der Waals surface area contributed by atoms with Gasteiger partial charge in [0.2, 0.25) is 10.0 Å². The first kappa shape index (κ1) is 21.8. The van der Waals surface area contributed by atoms with Crippen LogP contribution in [0.25, 0.3) is 0 Å². The Morgan fingerprint density at radius 2 is 1.84 bits per heavy atom. The number of aromatic nitrogens is 1. The molecule has 8 heteroatoms. The summed E-state index contributed by atoms with van der Waals surface area (Å²) >= 11 is 3.52. The number of hydrogen-bond acceptors (Lipinski definition) is 4. The largest absolute Gasteiger partial charge is 0.619 e. The van der Waals surface area contributed by atoms with Crippen molar-refractivity contribution < 1.29 is 13.1 Å². The van der Waals surface area contributed by atoms with Crippen LogP contribution in [0.3, 0.4) is 0 Å². The van der Waals surface area contributed by atoms with Crippen LogP contribution in [0.5, 0.6) is 0 Å². The van der Waals surface area contributed by atoms with Gasteiger partial charge in [-0.25, -0.2) is 8.42 Å². The molecule has 0 bridgehead atoms. The maximum atomic E-state index is 12.8. The minimum Gasteiger partial charge on any atom is -0.619 e. The second-order valence-electron chi connectivity index (χ2n) is 7.88. The van der Waals surface area contributed by atoms with Crippen LogP contribution in [0.4, 0.5) is 5.69 Å². The van der Waals surface area contributed by atoms with Gasteiger partial charge in [-0.3, -0.25) is 0 Å². The van der Waals surface area contributed by atoms with Crippen LogP contribution >= 0.6 is 15.9 Å². The molecule has 1 aromatic heterocycles. The highest BCUT2D eigenvalue weighted by Crippen LogP contribution is 2.33. The molecule has 1 aliphatic heterocycles. The summed E-state index contributed by atoms with van der Waals surface area (Å²) in [6.07, 6.45) is 4.90. The van der Waals surface area contributed by atoms with E-state index in [1.54, 1.807) is 16.6 Å². The van der Waals surface area contributed by atoms with Crippen LogP contribution in [-0.2, 0) is 29.5 Å². The number of benzene rings is 2. The molecule has 31 heavy (non-hydrogen) atoms. The first-order valence-corrected chi connectivity index (χ1v) is 12.7. The fourth-order valence-corrected chi connectivity index (χ4v) is 5.60. The van der Waals surface area contributed by atoms with E-state index in [2.05, 4.69) is 20.8 Å². The molecule has 0 saturated carbocycles. The topological polar surface area (TPSA) is 67.6 Å². The minimum atomic E-state index is -3.44. The van der Waals surface area contributed by atoms with Gasteiger partial charge in [-0.1, -0.05) is 46.3 Å². The molecule has 0 aliphatic carbocycles. The Morgan fingerprint density at radius 3 is 2.55 bits per heavy atom. The van der Waals surface area contributed by atoms with Gasteiger partial charge < -0.3 is 10.1 Å². The molecular formula is C23H24BrN3O3S. The van der Waals surface area contributed by atoms with E-state index in [4.69, 9.17) is 0 Å². The van der Waals surface area contributed by atoms with Crippen molar-refractivity contribution in [1.29, 1.82) is 0 Å². The molecule has 2 aromatic carbocycles. The highest BCUT2D eigenvalue weighted by Gasteiger charge is 2.33. The van der Waals surface area contributed by atoms with Gasteiger partial charge in [0.25, 0.3) is 0 Å². The van der Waals surface area contributed by atoms with Gasteiger partial charge in [0, 0.05) is 47.5 Å². The first-order chi connectivity index (χ1) is 14.8. The zero-order valence-electron chi connectivity index (χ0n) is 17.2. The number of fused-ring (bicyclic) bond motifs is 1. The molecule has 3 aromatic rings. The second-order valence-corrected chi connectivity index (χ2v) is 10.7. The van der Waals surface area contributed by atoms with Crippen LogP contribution in [0, 0.1) is 5.21 Å². The van der Waals surface area contributed by atoms with Crippen LogP contribution in [0.1, 0.15) is 16.7 Å². The summed E-state index contributed by atoms with van der Waals surface area (Å²) in [5.74, 6) is 0. The molecule has 0 fully saturated rings. The molecular weight excluding hydrogens is 478 g/mol. The fourth-order valence-electron chi connectivity index (χ4n) is 4.14. The predicted molar refractivity (Wildman–Crippen MR) is 125 cm³/mol. The summed E-state index contributed by atoms with van der Waals surface area (Å²) in [7, 11) is -3.44. The van der Waals surface area contributed by atoms with E-state index in [0.29, 0.717) is 26.1 Å². The molecule has 6 nitrogen and oxygen atoms in total. The Kier molecular flexibility index (Phi) is 6.31. The summed E-state index contributed by atoms with van der Waals surface area (Å²) < 4.78 is 28.9. The Morgan fingerprint density at radius 1 is 1.10 bits per heavy atom. The Hall–Kier alpha value is -2.42. The van der Waals surface area contributed by atoms with Gasteiger partial charge in [0.1, 0.15) is 0 Å². The van der Waals surface area contributed by atoms with Crippen molar-refractivity contribution in [3.8, 4) is 0 Å². The normalized spacial score (nSPS) is 17.2. The minimum absolute atomic E-state index is 0.244. The molecule has 0 radical (unpaired) electrons. The maximum absolute atomic E-state index is 12.8. The number of rotatable bonds is 5. The van der Waals surface area contributed by atoms with Gasteiger partial charge in [-0.05, 0) is 41.8 Å². The second kappa shape index (κ2) is 8.98. The van der Waals surface area contributed by atoms with E-state index in [1.165, 1.54) is 12.5 Å². The molecule has 0 N–H and O–H groups in total. The smallest absolute Gasteiger partial charge is 0.211 e. The van der Waals surface area contributed by atoms with Crippen LogP contribution in [0.15, 0.2) is 77.5 Å². The number of anilines is 1. The van der Waals surface area contributed by atoms with Gasteiger partial charge in [0.05, 0.1) is 6.26 Å². The predicted octanol–water partition coefficient (Wildman–Crippen LogP) is 3.48. The first-order valence-electron chi connectivity index (χ1n) is 10.0. The Bertz CT molecular complexity index is 1170. The molecule has 0 amide bonds. The highest BCUT2D eigenvalue weighted by molar-refractivity contribution is 9.10. The summed E-state index contributed by atoms with van der Waals surface area (Å²) in [6, 6.07) is 19.3. The molecule has 1 aliphatic rings. The van der Waals surface area contributed by atoms with E-state index < -0.39 is 10.0 Å². The van der Waals surface area contributed by atoms with Gasteiger partial charge in [0.15, 0.2) is 12.4 Å². The summed E-state index contributed by atoms with van der Waals surface area (Å²) in [5.41, 5.74) is 3.87. The van der Waals surface area contributed by atoms with Gasteiger partial charge >= 0.3 is 0 Å². The van der Waals surface area contributed by atoms with E-state index in [-0.39, 0.29) is 6.04 Å². The summed E-state index contributed by atoms with van der Waals surface area (Å²) in [6.45, 7) is 1.34. The summed E-state index contributed by atoms with van der Waals surface area (Å²) in [5, 5.41) is 11.8. The van der Waals surface area contributed by atoms with Crippen molar-refractivity contribution in [2.75, 3.05) is 17.7 Å². The quantitative estimate of drug-likeness (QED) is 0.396. The number of sulfonamides is 1. The summed E-state index contributed by atoms with van der Waals surface area (Å²) in [4.78, 5) is 2.18. The molecule has 1 atom stereocenters. The highest BCUT2D eigenvalue weighted by atomic mass is 79.9. The van der Waals surface area contributed by atoms with E-state index >= 15 is 0 Å². The third-order valence-electron chi connectivity index (χ3n) is 5.50. The number of hydrogen-bond donors (Lipinski definition) is 0. The Labute approximate surface area is 191 Å². The van der Waals surface area contributed by atoms with Gasteiger partial charge in [-0.15, -0.1) is 0 Å². The number of pyridine rings is 1. The molecule has 4 rings (SSSR count). The molecule has 0 unspecified atom stereocenters. The zero-order valence-corrected chi connectivity index (χ0v) is 19.6. The lowest BCUT2D eigenvalue weighted by Crippen LogP contribution is -2.45. The number of nitrogens with zero attached hydrogens (tertiary/aromatic N) is 3. The lowest BCUT2D eigenvalue weighted by molar-refractivity contribution is -0.605. The van der Waals surface area contributed by atoms with Crippen molar-refractivity contribution in [3.05, 3.63) is 99.4 Å². The fraction of sp³-hybridized carbons (Fsp3) is 0.261. The zero-order chi connectivity index (χ0) is 22.0. The van der Waals surface area contributed by atoms with E-state index in [1.807, 2.05) is 54.6 Å². The lowest BCUT2D eigenvalue weighted by Gasteiger charge is -2.31. The van der Waals surface area contributed by atoms with Gasteiger partial charge in [-0.2, -0.15) is 9.04 Å². The van der Waals surface area contributed by atoms with Crippen LogP contribution in [0.2, 0.25) is 0 Å². The van der Waals surface area contributed by atoms with Crippen LogP contribution < -0.4 is 9.63 Å². The Balaban J connectivity index is 1.76. The standard InChI is InChI=1S/C23H24BrN3O3S/c1-31(29,30)27-16-20-13-21(24)9-10-23(20)25(14-19-8-5-11-26(28)15-19)17-22(27)12-18-6-3-2-4-7-18/h2-11,13,15,22H,12,14,16-17H2,1H3/t22-/m1/s1.